The molecule has 0 atom stereocenters. The SMILES string of the molecule is CCCN(CCO)c1nc(Cl)nc(NC)n1. The van der Waals surface area contributed by atoms with Crippen LogP contribution in [-0.2, 0) is 0 Å². The third kappa shape index (κ3) is 3.46. The molecule has 6 nitrogen and oxygen atoms in total. The summed E-state index contributed by atoms with van der Waals surface area (Å²) in [6.45, 7) is 3.35. The van der Waals surface area contributed by atoms with E-state index in [0.29, 0.717) is 18.4 Å². The molecular formula is C9H16ClN5O. The summed E-state index contributed by atoms with van der Waals surface area (Å²) in [7, 11) is 1.71. The fourth-order valence-corrected chi connectivity index (χ4v) is 1.45. The second-order valence-corrected chi connectivity index (χ2v) is 3.53. The first-order chi connectivity index (χ1) is 7.71. The van der Waals surface area contributed by atoms with Crippen LogP contribution in [0, 0.1) is 0 Å². The zero-order valence-corrected chi connectivity index (χ0v) is 10.2. The van der Waals surface area contributed by atoms with E-state index < -0.39 is 0 Å². The van der Waals surface area contributed by atoms with Crippen molar-refractivity contribution in [3.63, 3.8) is 0 Å². The van der Waals surface area contributed by atoms with Crippen molar-refractivity contribution in [1.82, 2.24) is 15.0 Å². The van der Waals surface area contributed by atoms with Gasteiger partial charge in [0, 0.05) is 20.1 Å². The Hall–Kier alpha value is -1.14. The minimum atomic E-state index is 0.0538. The van der Waals surface area contributed by atoms with Crippen LogP contribution in [0.1, 0.15) is 13.3 Å². The summed E-state index contributed by atoms with van der Waals surface area (Å²) < 4.78 is 0. The molecule has 0 spiro atoms. The Kier molecular flexibility index (Phi) is 5.21. The maximum absolute atomic E-state index is 8.96. The fourth-order valence-electron chi connectivity index (χ4n) is 1.30. The molecule has 2 N–H and O–H groups in total. The molecule has 0 bridgehead atoms. The van der Waals surface area contributed by atoms with E-state index in [0.717, 1.165) is 13.0 Å². The highest BCUT2D eigenvalue weighted by Gasteiger charge is 2.11. The predicted molar refractivity (Wildman–Crippen MR) is 64.0 cm³/mol. The molecular weight excluding hydrogens is 230 g/mol. The van der Waals surface area contributed by atoms with Crippen LogP contribution in [0.15, 0.2) is 0 Å². The van der Waals surface area contributed by atoms with Gasteiger partial charge in [-0.05, 0) is 18.0 Å². The largest absolute Gasteiger partial charge is 0.395 e. The molecule has 1 rings (SSSR count). The first-order valence-corrected chi connectivity index (χ1v) is 5.54. The highest BCUT2D eigenvalue weighted by molar-refractivity contribution is 6.28. The van der Waals surface area contributed by atoms with Crippen LogP contribution in [0.25, 0.3) is 0 Å². The van der Waals surface area contributed by atoms with Gasteiger partial charge in [0.1, 0.15) is 0 Å². The molecule has 0 aliphatic carbocycles. The van der Waals surface area contributed by atoms with Crippen molar-refractivity contribution in [3.8, 4) is 0 Å². The Morgan fingerprint density at radius 3 is 2.62 bits per heavy atom. The second kappa shape index (κ2) is 6.44. The number of aliphatic hydroxyl groups is 1. The first kappa shape index (κ1) is 12.9. The quantitative estimate of drug-likeness (QED) is 0.772. The number of halogens is 1. The van der Waals surface area contributed by atoms with Crippen molar-refractivity contribution in [1.29, 1.82) is 0 Å². The van der Waals surface area contributed by atoms with Gasteiger partial charge >= 0.3 is 0 Å². The lowest BCUT2D eigenvalue weighted by Crippen LogP contribution is -2.29. The number of nitrogens with zero attached hydrogens (tertiary/aromatic N) is 4. The van der Waals surface area contributed by atoms with Gasteiger partial charge in [0.25, 0.3) is 0 Å². The molecule has 16 heavy (non-hydrogen) atoms. The summed E-state index contributed by atoms with van der Waals surface area (Å²) in [5, 5.41) is 11.9. The smallest absolute Gasteiger partial charge is 0.231 e. The summed E-state index contributed by atoms with van der Waals surface area (Å²) in [6.07, 6.45) is 0.943. The molecule has 0 fully saturated rings. The van der Waals surface area contributed by atoms with E-state index >= 15 is 0 Å². The number of anilines is 2. The number of nitrogens with one attached hydrogen (secondary N) is 1. The standard InChI is InChI=1S/C9H16ClN5O/c1-3-4-15(5-6-16)9-13-7(10)12-8(11-2)14-9/h16H,3-6H2,1-2H3,(H,11,12,13,14). The lowest BCUT2D eigenvalue weighted by Gasteiger charge is -2.20. The van der Waals surface area contributed by atoms with Crippen LogP contribution in [-0.4, -0.2) is 46.8 Å². The van der Waals surface area contributed by atoms with Crippen molar-refractivity contribution in [2.45, 2.75) is 13.3 Å². The molecule has 1 heterocycles. The van der Waals surface area contributed by atoms with Gasteiger partial charge < -0.3 is 15.3 Å². The molecule has 7 heteroatoms. The molecule has 0 aliphatic rings. The van der Waals surface area contributed by atoms with Crippen molar-refractivity contribution in [3.05, 3.63) is 5.28 Å². The number of hydrogen-bond acceptors (Lipinski definition) is 6. The maximum Gasteiger partial charge on any atom is 0.231 e. The zero-order valence-electron chi connectivity index (χ0n) is 9.44. The van der Waals surface area contributed by atoms with Gasteiger partial charge in [-0.1, -0.05) is 6.92 Å². The third-order valence-electron chi connectivity index (χ3n) is 1.97. The first-order valence-electron chi connectivity index (χ1n) is 5.16. The van der Waals surface area contributed by atoms with E-state index in [1.54, 1.807) is 7.05 Å². The molecule has 90 valence electrons. The number of aliphatic hydroxyl groups excluding tert-OH is 1. The average molecular weight is 246 g/mol. The zero-order chi connectivity index (χ0) is 12.0. The highest BCUT2D eigenvalue weighted by atomic mass is 35.5. The van der Waals surface area contributed by atoms with E-state index in [-0.39, 0.29) is 11.9 Å². The van der Waals surface area contributed by atoms with Gasteiger partial charge in [0.05, 0.1) is 6.61 Å². The van der Waals surface area contributed by atoms with Crippen molar-refractivity contribution >= 4 is 23.5 Å². The predicted octanol–water partition coefficient (Wildman–Crippen LogP) is 0.775. The van der Waals surface area contributed by atoms with Crippen molar-refractivity contribution < 1.29 is 5.11 Å². The summed E-state index contributed by atoms with van der Waals surface area (Å²) in [6, 6.07) is 0. The van der Waals surface area contributed by atoms with Crippen molar-refractivity contribution in [2.75, 3.05) is 37.0 Å². The maximum atomic E-state index is 8.96. The summed E-state index contributed by atoms with van der Waals surface area (Å²) in [4.78, 5) is 14.0. The lowest BCUT2D eigenvalue weighted by molar-refractivity contribution is 0.301. The Balaban J connectivity index is 2.93. The van der Waals surface area contributed by atoms with Crippen LogP contribution >= 0.6 is 11.6 Å². The average Bonchev–Trinajstić information content (AvgIpc) is 2.28. The lowest BCUT2D eigenvalue weighted by atomic mass is 10.4. The van der Waals surface area contributed by atoms with Crippen LogP contribution in [0.4, 0.5) is 11.9 Å². The molecule has 0 saturated carbocycles. The molecule has 1 aromatic heterocycles. The second-order valence-electron chi connectivity index (χ2n) is 3.19. The summed E-state index contributed by atoms with van der Waals surface area (Å²) >= 11 is 5.78. The molecule has 1 aromatic rings. The number of aromatic nitrogens is 3. The van der Waals surface area contributed by atoms with Gasteiger partial charge in [0.2, 0.25) is 17.2 Å². The van der Waals surface area contributed by atoms with E-state index in [2.05, 4.69) is 20.3 Å². The summed E-state index contributed by atoms with van der Waals surface area (Å²) in [5.41, 5.74) is 0. The van der Waals surface area contributed by atoms with Crippen LogP contribution in [0.5, 0.6) is 0 Å². The Morgan fingerprint density at radius 2 is 2.06 bits per heavy atom. The Morgan fingerprint density at radius 1 is 1.31 bits per heavy atom. The van der Waals surface area contributed by atoms with Gasteiger partial charge in [-0.25, -0.2) is 0 Å². The molecule has 0 unspecified atom stereocenters. The van der Waals surface area contributed by atoms with E-state index in [1.165, 1.54) is 0 Å². The monoisotopic (exact) mass is 245 g/mol. The number of hydrogen-bond donors (Lipinski definition) is 2. The van der Waals surface area contributed by atoms with E-state index in [1.807, 2.05) is 11.8 Å². The molecule has 0 aromatic carbocycles. The van der Waals surface area contributed by atoms with E-state index in [9.17, 15) is 0 Å². The topological polar surface area (TPSA) is 74.2 Å². The Labute approximate surface area is 99.7 Å². The molecule has 0 radical (unpaired) electrons. The third-order valence-corrected chi connectivity index (χ3v) is 2.14. The van der Waals surface area contributed by atoms with Crippen LogP contribution in [0.3, 0.4) is 0 Å². The van der Waals surface area contributed by atoms with Crippen LogP contribution < -0.4 is 10.2 Å². The minimum Gasteiger partial charge on any atom is -0.395 e. The van der Waals surface area contributed by atoms with Gasteiger partial charge in [-0.15, -0.1) is 0 Å². The Bertz CT molecular complexity index is 330. The molecule has 0 saturated heterocycles. The molecule has 0 amide bonds. The normalized spacial score (nSPS) is 10.2. The molecule has 0 aliphatic heterocycles. The van der Waals surface area contributed by atoms with Gasteiger partial charge in [0.15, 0.2) is 0 Å². The highest BCUT2D eigenvalue weighted by Crippen LogP contribution is 2.13. The van der Waals surface area contributed by atoms with E-state index in [4.69, 9.17) is 16.7 Å². The fraction of sp³-hybridized carbons (Fsp3) is 0.667. The van der Waals surface area contributed by atoms with Gasteiger partial charge in [-0.3, -0.25) is 0 Å². The summed E-state index contributed by atoms with van der Waals surface area (Å²) in [5.74, 6) is 0.911. The minimum absolute atomic E-state index is 0.0538. The van der Waals surface area contributed by atoms with Crippen LogP contribution in [0.2, 0.25) is 5.28 Å². The number of rotatable bonds is 6. The van der Waals surface area contributed by atoms with Crippen molar-refractivity contribution in [2.24, 2.45) is 0 Å². The van der Waals surface area contributed by atoms with Gasteiger partial charge in [-0.2, -0.15) is 15.0 Å².